The van der Waals surface area contributed by atoms with E-state index in [1.807, 2.05) is 0 Å². The molecule has 0 aromatic heterocycles. The Morgan fingerprint density at radius 3 is 2.31 bits per heavy atom. The van der Waals surface area contributed by atoms with Crippen LogP contribution >= 0.6 is 0 Å². The molecule has 0 aliphatic rings. The minimum absolute atomic E-state index is 0.276. The lowest BCUT2D eigenvalue weighted by molar-refractivity contribution is -0.138. The Kier molecular flexibility index (Phi) is 3.18. The number of hydrogen-bond donors (Lipinski definition) is 2. The molecule has 0 bridgehead atoms. The van der Waals surface area contributed by atoms with Crippen LogP contribution in [0.1, 0.15) is 17.2 Å². The smallest absolute Gasteiger partial charge is 0.368 e. The van der Waals surface area contributed by atoms with Gasteiger partial charge in [0.05, 0.1) is 5.56 Å². The summed E-state index contributed by atoms with van der Waals surface area (Å²) in [5.74, 6) is -2.18. The SMILES string of the molecule is NC(=O)[C@@H](N)c1ccc(F)cc1C(F)(F)F. The standard InChI is InChI=1S/C9H8F4N2O/c10-4-1-2-5(7(14)8(15)16)6(3-4)9(11,12)13/h1-3,7H,14H2,(H2,15,16)/t7-/m0/s1. The zero-order chi connectivity index (χ0) is 12.5. The van der Waals surface area contributed by atoms with Crippen LogP contribution < -0.4 is 11.5 Å². The second-order valence-electron chi connectivity index (χ2n) is 3.11. The first-order valence-corrected chi connectivity index (χ1v) is 4.15. The molecular weight excluding hydrogens is 228 g/mol. The molecule has 0 spiro atoms. The molecular formula is C9H8F4N2O. The van der Waals surface area contributed by atoms with Crippen molar-refractivity contribution in [3.63, 3.8) is 0 Å². The third-order valence-electron chi connectivity index (χ3n) is 1.96. The number of halogens is 4. The Morgan fingerprint density at radius 1 is 1.31 bits per heavy atom. The number of benzene rings is 1. The van der Waals surface area contributed by atoms with Crippen molar-refractivity contribution < 1.29 is 22.4 Å². The van der Waals surface area contributed by atoms with Crippen molar-refractivity contribution in [2.75, 3.05) is 0 Å². The van der Waals surface area contributed by atoms with E-state index in [2.05, 4.69) is 0 Å². The monoisotopic (exact) mass is 236 g/mol. The van der Waals surface area contributed by atoms with Gasteiger partial charge in [-0.1, -0.05) is 6.07 Å². The Bertz CT molecular complexity index is 416. The summed E-state index contributed by atoms with van der Waals surface area (Å²) in [6.45, 7) is 0. The van der Waals surface area contributed by atoms with Gasteiger partial charge < -0.3 is 11.5 Å². The van der Waals surface area contributed by atoms with Crippen molar-refractivity contribution in [2.45, 2.75) is 12.2 Å². The second-order valence-corrected chi connectivity index (χ2v) is 3.11. The van der Waals surface area contributed by atoms with E-state index in [0.717, 1.165) is 12.1 Å². The maximum atomic E-state index is 12.7. The number of hydrogen-bond acceptors (Lipinski definition) is 2. The van der Waals surface area contributed by atoms with E-state index in [9.17, 15) is 22.4 Å². The summed E-state index contributed by atoms with van der Waals surface area (Å²) in [4.78, 5) is 10.7. The van der Waals surface area contributed by atoms with Crippen LogP contribution in [0.4, 0.5) is 17.6 Å². The summed E-state index contributed by atoms with van der Waals surface area (Å²) in [5.41, 5.74) is 8.15. The van der Waals surface area contributed by atoms with Crippen molar-refractivity contribution in [1.29, 1.82) is 0 Å². The molecule has 3 nitrogen and oxygen atoms in total. The number of carbonyl (C=O) groups is 1. The van der Waals surface area contributed by atoms with Crippen LogP contribution in [0, 0.1) is 5.82 Å². The molecule has 1 amide bonds. The number of primary amides is 1. The third-order valence-corrected chi connectivity index (χ3v) is 1.96. The zero-order valence-corrected chi connectivity index (χ0v) is 7.88. The number of amides is 1. The highest BCUT2D eigenvalue weighted by Crippen LogP contribution is 2.34. The van der Waals surface area contributed by atoms with E-state index in [4.69, 9.17) is 11.5 Å². The third kappa shape index (κ3) is 2.48. The van der Waals surface area contributed by atoms with Gasteiger partial charge in [0.15, 0.2) is 0 Å². The number of alkyl halides is 3. The lowest BCUT2D eigenvalue weighted by Crippen LogP contribution is -2.30. The van der Waals surface area contributed by atoms with Gasteiger partial charge in [0.1, 0.15) is 11.9 Å². The van der Waals surface area contributed by atoms with E-state index in [1.165, 1.54) is 0 Å². The molecule has 0 unspecified atom stereocenters. The van der Waals surface area contributed by atoms with Crippen LogP contribution in [0.15, 0.2) is 18.2 Å². The molecule has 0 fully saturated rings. The van der Waals surface area contributed by atoms with Gasteiger partial charge in [0, 0.05) is 0 Å². The van der Waals surface area contributed by atoms with Gasteiger partial charge in [0.2, 0.25) is 5.91 Å². The van der Waals surface area contributed by atoms with Gasteiger partial charge in [-0.05, 0) is 17.7 Å². The lowest BCUT2D eigenvalue weighted by atomic mass is 10.00. The molecule has 1 aromatic rings. The Morgan fingerprint density at radius 2 is 1.88 bits per heavy atom. The molecule has 0 heterocycles. The fourth-order valence-corrected chi connectivity index (χ4v) is 1.20. The lowest BCUT2D eigenvalue weighted by Gasteiger charge is -2.15. The van der Waals surface area contributed by atoms with Crippen LogP contribution in [-0.2, 0) is 11.0 Å². The predicted octanol–water partition coefficient (Wildman–Crippen LogP) is 1.33. The number of carbonyl (C=O) groups excluding carboxylic acids is 1. The molecule has 7 heteroatoms. The quantitative estimate of drug-likeness (QED) is 0.760. The summed E-state index contributed by atoms with van der Waals surface area (Å²) in [5, 5.41) is 0. The van der Waals surface area contributed by atoms with Crippen molar-refractivity contribution in [3.8, 4) is 0 Å². The molecule has 88 valence electrons. The van der Waals surface area contributed by atoms with Gasteiger partial charge >= 0.3 is 6.18 Å². The fourth-order valence-electron chi connectivity index (χ4n) is 1.20. The van der Waals surface area contributed by atoms with Crippen LogP contribution in [0.3, 0.4) is 0 Å². The first-order valence-electron chi connectivity index (χ1n) is 4.15. The highest BCUT2D eigenvalue weighted by molar-refractivity contribution is 5.81. The van der Waals surface area contributed by atoms with E-state index in [-0.39, 0.29) is 6.07 Å². The van der Waals surface area contributed by atoms with Crippen molar-refractivity contribution in [1.82, 2.24) is 0 Å². The minimum Gasteiger partial charge on any atom is -0.368 e. The fraction of sp³-hybridized carbons (Fsp3) is 0.222. The maximum absolute atomic E-state index is 12.7. The summed E-state index contributed by atoms with van der Waals surface area (Å²) in [7, 11) is 0. The minimum atomic E-state index is -4.79. The molecule has 16 heavy (non-hydrogen) atoms. The summed E-state index contributed by atoms with van der Waals surface area (Å²) < 4.78 is 50.1. The maximum Gasteiger partial charge on any atom is 0.416 e. The van der Waals surface area contributed by atoms with E-state index in [0.29, 0.717) is 0 Å². The largest absolute Gasteiger partial charge is 0.416 e. The van der Waals surface area contributed by atoms with E-state index in [1.54, 1.807) is 0 Å². The van der Waals surface area contributed by atoms with E-state index >= 15 is 0 Å². The van der Waals surface area contributed by atoms with Gasteiger partial charge in [-0.2, -0.15) is 13.2 Å². The molecule has 1 rings (SSSR count). The molecule has 0 aliphatic carbocycles. The Balaban J connectivity index is 3.34. The van der Waals surface area contributed by atoms with Gasteiger partial charge in [0.25, 0.3) is 0 Å². The number of nitrogens with two attached hydrogens (primary N) is 2. The van der Waals surface area contributed by atoms with Gasteiger partial charge in [-0.3, -0.25) is 4.79 Å². The first-order chi connectivity index (χ1) is 7.23. The Hall–Kier alpha value is -1.63. The summed E-state index contributed by atoms with van der Waals surface area (Å²) in [6, 6.07) is 0.247. The second kappa shape index (κ2) is 4.09. The average molecular weight is 236 g/mol. The predicted molar refractivity (Wildman–Crippen MR) is 47.5 cm³/mol. The van der Waals surface area contributed by atoms with Gasteiger partial charge in [-0.15, -0.1) is 0 Å². The normalized spacial score (nSPS) is 13.6. The van der Waals surface area contributed by atoms with Crippen molar-refractivity contribution in [2.24, 2.45) is 11.5 Å². The first kappa shape index (κ1) is 12.4. The molecule has 4 N–H and O–H groups in total. The number of rotatable bonds is 2. The molecule has 1 atom stereocenters. The van der Waals surface area contributed by atoms with Crippen LogP contribution in [0.2, 0.25) is 0 Å². The highest BCUT2D eigenvalue weighted by atomic mass is 19.4. The van der Waals surface area contributed by atoms with Gasteiger partial charge in [-0.25, -0.2) is 4.39 Å². The van der Waals surface area contributed by atoms with Crippen LogP contribution in [0.25, 0.3) is 0 Å². The summed E-state index contributed by atoms with van der Waals surface area (Å²) in [6.07, 6.45) is -4.79. The zero-order valence-electron chi connectivity index (χ0n) is 7.88. The molecule has 0 saturated heterocycles. The Labute approximate surface area is 88.0 Å². The molecule has 0 radical (unpaired) electrons. The van der Waals surface area contributed by atoms with Crippen molar-refractivity contribution in [3.05, 3.63) is 35.1 Å². The van der Waals surface area contributed by atoms with Crippen LogP contribution in [0.5, 0.6) is 0 Å². The molecule has 0 saturated carbocycles. The average Bonchev–Trinajstić information content (AvgIpc) is 2.15. The highest BCUT2D eigenvalue weighted by Gasteiger charge is 2.36. The topological polar surface area (TPSA) is 69.1 Å². The molecule has 1 aromatic carbocycles. The van der Waals surface area contributed by atoms with Crippen LogP contribution in [-0.4, -0.2) is 5.91 Å². The van der Waals surface area contributed by atoms with Crippen molar-refractivity contribution >= 4 is 5.91 Å². The van der Waals surface area contributed by atoms with E-state index < -0.39 is 35.1 Å². The summed E-state index contributed by atoms with van der Waals surface area (Å²) >= 11 is 0. The molecule has 0 aliphatic heterocycles.